The highest BCUT2D eigenvalue weighted by Gasteiger charge is 2.42. The molecule has 76 valence electrons. The van der Waals surface area contributed by atoms with Crippen molar-refractivity contribution < 1.29 is 9.84 Å². The Hall–Kier alpha value is -0.860. The van der Waals surface area contributed by atoms with Crippen molar-refractivity contribution in [2.24, 2.45) is 5.41 Å². The summed E-state index contributed by atoms with van der Waals surface area (Å²) in [7, 11) is 0. The summed E-state index contributed by atoms with van der Waals surface area (Å²) >= 11 is 0. The lowest BCUT2D eigenvalue weighted by Gasteiger charge is -2.22. The molecule has 1 aliphatic heterocycles. The highest BCUT2D eigenvalue weighted by molar-refractivity contribution is 5.20. The van der Waals surface area contributed by atoms with Gasteiger partial charge in [-0.05, 0) is 5.56 Å². The highest BCUT2D eigenvalue weighted by Crippen LogP contribution is 2.40. The van der Waals surface area contributed by atoms with Crippen LogP contribution >= 0.6 is 0 Å². The van der Waals surface area contributed by atoms with Crippen LogP contribution in [-0.2, 0) is 4.74 Å². The summed E-state index contributed by atoms with van der Waals surface area (Å²) in [6.45, 7) is 4.68. The maximum Gasteiger partial charge on any atom is 0.109 e. The van der Waals surface area contributed by atoms with Crippen molar-refractivity contribution in [3.8, 4) is 0 Å². The molecule has 1 aromatic rings. The van der Waals surface area contributed by atoms with Crippen molar-refractivity contribution in [1.82, 2.24) is 0 Å². The van der Waals surface area contributed by atoms with Gasteiger partial charge >= 0.3 is 0 Å². The van der Waals surface area contributed by atoms with Gasteiger partial charge in [-0.2, -0.15) is 0 Å². The first-order valence-corrected chi connectivity index (χ1v) is 4.96. The lowest BCUT2D eigenvalue weighted by atomic mass is 9.85. The molecule has 1 heterocycles. The van der Waals surface area contributed by atoms with E-state index in [4.69, 9.17) is 4.74 Å². The lowest BCUT2D eigenvalue weighted by Crippen LogP contribution is -2.28. The van der Waals surface area contributed by atoms with E-state index in [1.807, 2.05) is 44.2 Å². The van der Waals surface area contributed by atoms with Crippen LogP contribution in [0.5, 0.6) is 0 Å². The Morgan fingerprint density at radius 3 is 2.43 bits per heavy atom. The van der Waals surface area contributed by atoms with Gasteiger partial charge in [0.15, 0.2) is 0 Å². The molecule has 14 heavy (non-hydrogen) atoms. The molecular formula is C12H16O2. The number of ether oxygens (including phenoxy) is 1. The minimum absolute atomic E-state index is 0.138. The average molecular weight is 192 g/mol. The SMILES string of the molecule is CC1(C)CO[C@@H](c2ccccc2)[C@H]1O. The minimum atomic E-state index is -0.412. The van der Waals surface area contributed by atoms with Crippen LogP contribution in [0.4, 0.5) is 0 Å². The first-order chi connectivity index (χ1) is 6.61. The van der Waals surface area contributed by atoms with Gasteiger partial charge in [0.2, 0.25) is 0 Å². The molecule has 0 unspecified atom stereocenters. The summed E-state index contributed by atoms with van der Waals surface area (Å²) in [6, 6.07) is 9.90. The third-order valence-corrected chi connectivity index (χ3v) is 2.85. The van der Waals surface area contributed by atoms with Crippen LogP contribution in [0.15, 0.2) is 30.3 Å². The molecule has 0 spiro atoms. The van der Waals surface area contributed by atoms with E-state index < -0.39 is 6.10 Å². The summed E-state index contributed by atoms with van der Waals surface area (Å²) in [5, 5.41) is 10.0. The number of benzene rings is 1. The van der Waals surface area contributed by atoms with Crippen LogP contribution in [0.1, 0.15) is 25.5 Å². The molecule has 0 amide bonds. The number of aliphatic hydroxyl groups excluding tert-OH is 1. The minimum Gasteiger partial charge on any atom is -0.389 e. The largest absolute Gasteiger partial charge is 0.389 e. The predicted molar refractivity (Wildman–Crippen MR) is 54.9 cm³/mol. The molecule has 2 atom stereocenters. The van der Waals surface area contributed by atoms with E-state index >= 15 is 0 Å². The Kier molecular flexibility index (Phi) is 2.33. The molecule has 1 N–H and O–H groups in total. The Bertz CT molecular complexity index is 305. The van der Waals surface area contributed by atoms with Gasteiger partial charge < -0.3 is 9.84 Å². The molecule has 2 heteroatoms. The molecule has 1 aliphatic rings. The molecule has 2 rings (SSSR count). The van der Waals surface area contributed by atoms with E-state index in [9.17, 15) is 5.11 Å². The van der Waals surface area contributed by atoms with Crippen molar-refractivity contribution in [2.75, 3.05) is 6.61 Å². The molecule has 1 aromatic carbocycles. The zero-order valence-corrected chi connectivity index (χ0v) is 8.60. The molecule has 0 aliphatic carbocycles. The second-order valence-corrected chi connectivity index (χ2v) is 4.58. The first-order valence-electron chi connectivity index (χ1n) is 4.96. The summed E-state index contributed by atoms with van der Waals surface area (Å²) < 4.78 is 5.62. The average Bonchev–Trinajstić information content (AvgIpc) is 2.44. The summed E-state index contributed by atoms with van der Waals surface area (Å²) in [5.74, 6) is 0. The zero-order valence-electron chi connectivity index (χ0n) is 8.60. The number of hydrogen-bond acceptors (Lipinski definition) is 2. The Labute approximate surface area is 84.5 Å². The third kappa shape index (κ3) is 1.56. The monoisotopic (exact) mass is 192 g/mol. The van der Waals surface area contributed by atoms with E-state index in [1.165, 1.54) is 0 Å². The second-order valence-electron chi connectivity index (χ2n) is 4.58. The fraction of sp³-hybridized carbons (Fsp3) is 0.500. The van der Waals surface area contributed by atoms with Crippen molar-refractivity contribution >= 4 is 0 Å². The predicted octanol–water partition coefficient (Wildman–Crippen LogP) is 2.15. The molecule has 0 aromatic heterocycles. The molecular weight excluding hydrogens is 176 g/mol. The molecule has 0 radical (unpaired) electrons. The van der Waals surface area contributed by atoms with Crippen molar-refractivity contribution in [1.29, 1.82) is 0 Å². The Balaban J connectivity index is 2.23. The van der Waals surface area contributed by atoms with Gasteiger partial charge in [-0.3, -0.25) is 0 Å². The fourth-order valence-electron chi connectivity index (χ4n) is 1.81. The third-order valence-electron chi connectivity index (χ3n) is 2.85. The highest BCUT2D eigenvalue weighted by atomic mass is 16.5. The molecule has 1 fully saturated rings. The van der Waals surface area contributed by atoms with E-state index in [0.29, 0.717) is 6.61 Å². The van der Waals surface area contributed by atoms with Gasteiger partial charge in [-0.25, -0.2) is 0 Å². The smallest absolute Gasteiger partial charge is 0.109 e. The molecule has 0 saturated carbocycles. The lowest BCUT2D eigenvalue weighted by molar-refractivity contribution is 0.0307. The van der Waals surface area contributed by atoms with Crippen LogP contribution in [0, 0.1) is 5.41 Å². The normalized spacial score (nSPS) is 30.5. The molecule has 0 bridgehead atoms. The summed E-state index contributed by atoms with van der Waals surface area (Å²) in [5.41, 5.74) is 0.922. The quantitative estimate of drug-likeness (QED) is 0.738. The van der Waals surface area contributed by atoms with Gasteiger partial charge in [0.25, 0.3) is 0 Å². The standard InChI is InChI=1S/C12H16O2/c1-12(2)8-14-10(11(12)13)9-6-4-3-5-7-9/h3-7,10-11,13H,8H2,1-2H3/t10-,11+/m0/s1. The topological polar surface area (TPSA) is 29.5 Å². The Morgan fingerprint density at radius 2 is 1.93 bits per heavy atom. The maximum absolute atomic E-state index is 10.0. The summed E-state index contributed by atoms with van der Waals surface area (Å²) in [4.78, 5) is 0. The molecule has 1 saturated heterocycles. The van der Waals surface area contributed by atoms with E-state index in [1.54, 1.807) is 0 Å². The van der Waals surface area contributed by atoms with Gasteiger partial charge in [-0.1, -0.05) is 44.2 Å². The Morgan fingerprint density at radius 1 is 1.29 bits per heavy atom. The van der Waals surface area contributed by atoms with Crippen LogP contribution in [0.2, 0.25) is 0 Å². The molecule has 2 nitrogen and oxygen atoms in total. The summed E-state index contributed by atoms with van der Waals surface area (Å²) in [6.07, 6.45) is -0.573. The number of aliphatic hydroxyl groups is 1. The van der Waals surface area contributed by atoms with Crippen LogP contribution in [-0.4, -0.2) is 17.8 Å². The van der Waals surface area contributed by atoms with Gasteiger partial charge in [0, 0.05) is 5.41 Å². The number of hydrogen-bond donors (Lipinski definition) is 1. The maximum atomic E-state index is 10.0. The van der Waals surface area contributed by atoms with Crippen LogP contribution < -0.4 is 0 Å². The van der Waals surface area contributed by atoms with E-state index in [-0.39, 0.29) is 11.5 Å². The van der Waals surface area contributed by atoms with Crippen molar-refractivity contribution in [3.05, 3.63) is 35.9 Å². The van der Waals surface area contributed by atoms with Crippen molar-refractivity contribution in [2.45, 2.75) is 26.1 Å². The number of rotatable bonds is 1. The van der Waals surface area contributed by atoms with Crippen LogP contribution in [0.3, 0.4) is 0 Å². The fourth-order valence-corrected chi connectivity index (χ4v) is 1.81. The van der Waals surface area contributed by atoms with Gasteiger partial charge in [0.05, 0.1) is 12.7 Å². The van der Waals surface area contributed by atoms with Gasteiger partial charge in [-0.15, -0.1) is 0 Å². The van der Waals surface area contributed by atoms with E-state index in [0.717, 1.165) is 5.56 Å². The zero-order chi connectivity index (χ0) is 10.2. The first kappa shape index (κ1) is 9.69. The van der Waals surface area contributed by atoms with Gasteiger partial charge in [0.1, 0.15) is 6.10 Å². The van der Waals surface area contributed by atoms with Crippen LogP contribution in [0.25, 0.3) is 0 Å². The second kappa shape index (κ2) is 3.37. The van der Waals surface area contributed by atoms with Crippen molar-refractivity contribution in [3.63, 3.8) is 0 Å². The van der Waals surface area contributed by atoms with E-state index in [2.05, 4.69) is 0 Å².